The molecule has 1 heterocycles. The minimum Gasteiger partial charge on any atom is -0.406 e. The summed E-state index contributed by atoms with van der Waals surface area (Å²) >= 11 is 0. The van der Waals surface area contributed by atoms with Gasteiger partial charge in [-0.3, -0.25) is 10.1 Å². The molecule has 5 heteroatoms. The van der Waals surface area contributed by atoms with Crippen molar-refractivity contribution in [2.24, 2.45) is 11.1 Å². The van der Waals surface area contributed by atoms with E-state index >= 15 is 0 Å². The quantitative estimate of drug-likeness (QED) is 0.583. The molecule has 1 aromatic rings. The fourth-order valence-corrected chi connectivity index (χ4v) is 1.56. The van der Waals surface area contributed by atoms with E-state index in [9.17, 15) is 10.1 Å². The summed E-state index contributed by atoms with van der Waals surface area (Å²) in [6.07, 6.45) is 2.91. The van der Waals surface area contributed by atoms with E-state index in [0.717, 1.165) is 19.3 Å². The highest BCUT2D eigenvalue weighted by atomic mass is 16.6. The summed E-state index contributed by atoms with van der Waals surface area (Å²) in [5, 5.41) is 10.4. The highest BCUT2D eigenvalue weighted by Gasteiger charge is 2.42. The van der Waals surface area contributed by atoms with E-state index < -0.39 is 4.92 Å². The molecule has 0 spiro atoms. The smallest absolute Gasteiger partial charge is 0.406 e. The summed E-state index contributed by atoms with van der Waals surface area (Å²) in [7, 11) is 0. The van der Waals surface area contributed by atoms with E-state index in [1.807, 2.05) is 0 Å². The molecule has 1 aliphatic carbocycles. The molecule has 14 heavy (non-hydrogen) atoms. The molecule has 0 amide bonds. The predicted octanol–water partition coefficient (Wildman–Crippen LogP) is 1.47. The van der Waals surface area contributed by atoms with Crippen molar-refractivity contribution in [2.45, 2.75) is 19.3 Å². The van der Waals surface area contributed by atoms with Gasteiger partial charge in [-0.25, -0.2) is 0 Å². The molecule has 1 aromatic heterocycles. The first-order valence-corrected chi connectivity index (χ1v) is 4.58. The molecule has 2 rings (SSSR count). The Morgan fingerprint density at radius 2 is 2.29 bits per heavy atom. The second kappa shape index (κ2) is 3.09. The number of nitro groups is 1. The highest BCUT2D eigenvalue weighted by molar-refractivity contribution is 5.19. The Bertz CT molecular complexity index is 355. The number of hydrogen-bond donors (Lipinski definition) is 1. The number of rotatable bonds is 4. The van der Waals surface area contributed by atoms with E-state index in [1.54, 1.807) is 6.07 Å². The van der Waals surface area contributed by atoms with Crippen molar-refractivity contribution < 1.29 is 9.34 Å². The van der Waals surface area contributed by atoms with Gasteiger partial charge < -0.3 is 10.2 Å². The topological polar surface area (TPSA) is 82.3 Å². The van der Waals surface area contributed by atoms with Crippen LogP contribution in [0.2, 0.25) is 0 Å². The number of furan rings is 1. The second-order valence-corrected chi connectivity index (χ2v) is 3.88. The predicted molar refractivity (Wildman–Crippen MR) is 49.8 cm³/mol. The maximum Gasteiger partial charge on any atom is 0.433 e. The normalized spacial score (nSPS) is 18.1. The van der Waals surface area contributed by atoms with E-state index in [4.69, 9.17) is 10.2 Å². The van der Waals surface area contributed by atoms with Crippen molar-refractivity contribution in [3.63, 3.8) is 0 Å². The van der Waals surface area contributed by atoms with Crippen LogP contribution in [0.25, 0.3) is 0 Å². The van der Waals surface area contributed by atoms with Gasteiger partial charge >= 0.3 is 5.88 Å². The van der Waals surface area contributed by atoms with Crippen LogP contribution in [0.4, 0.5) is 5.88 Å². The zero-order chi connectivity index (χ0) is 10.2. The van der Waals surface area contributed by atoms with Crippen LogP contribution in [-0.4, -0.2) is 11.5 Å². The lowest BCUT2D eigenvalue weighted by atomic mass is 10.0. The molecule has 0 unspecified atom stereocenters. The molecule has 2 N–H and O–H groups in total. The fraction of sp³-hybridized carbons (Fsp3) is 0.556. The van der Waals surface area contributed by atoms with Crippen LogP contribution in [0, 0.1) is 15.5 Å². The van der Waals surface area contributed by atoms with Gasteiger partial charge in [-0.05, 0) is 30.9 Å². The second-order valence-electron chi connectivity index (χ2n) is 3.88. The highest BCUT2D eigenvalue weighted by Crippen LogP contribution is 2.47. The molecule has 0 saturated heterocycles. The van der Waals surface area contributed by atoms with E-state index in [2.05, 4.69) is 0 Å². The van der Waals surface area contributed by atoms with Crippen molar-refractivity contribution in [3.05, 3.63) is 28.0 Å². The Labute approximate surface area is 81.0 Å². The van der Waals surface area contributed by atoms with Crippen molar-refractivity contribution in [3.8, 4) is 0 Å². The van der Waals surface area contributed by atoms with E-state index in [1.165, 1.54) is 6.07 Å². The summed E-state index contributed by atoms with van der Waals surface area (Å²) in [6.45, 7) is 0.626. The van der Waals surface area contributed by atoms with Gasteiger partial charge in [-0.1, -0.05) is 0 Å². The van der Waals surface area contributed by atoms with Gasteiger partial charge in [0.25, 0.3) is 0 Å². The van der Waals surface area contributed by atoms with Crippen LogP contribution in [0.3, 0.4) is 0 Å². The van der Waals surface area contributed by atoms with Crippen molar-refractivity contribution in [2.75, 3.05) is 6.54 Å². The lowest BCUT2D eigenvalue weighted by molar-refractivity contribution is -0.402. The maximum absolute atomic E-state index is 10.4. The lowest BCUT2D eigenvalue weighted by Crippen LogP contribution is -2.17. The standard InChI is InChI=1S/C9H12N2O3/c10-6-9(3-4-9)5-7-1-2-8(14-7)11(12)13/h1-2H,3-6,10H2. The summed E-state index contributed by atoms with van der Waals surface area (Å²) in [4.78, 5) is 9.83. The van der Waals surface area contributed by atoms with Crippen molar-refractivity contribution in [1.29, 1.82) is 0 Å². The summed E-state index contributed by atoms with van der Waals surface area (Å²) in [5.41, 5.74) is 5.77. The average Bonchev–Trinajstić information content (AvgIpc) is 2.75. The monoisotopic (exact) mass is 196 g/mol. The van der Waals surface area contributed by atoms with E-state index in [-0.39, 0.29) is 11.3 Å². The zero-order valence-electron chi connectivity index (χ0n) is 7.73. The largest absolute Gasteiger partial charge is 0.433 e. The molecule has 0 aromatic carbocycles. The summed E-state index contributed by atoms with van der Waals surface area (Å²) in [6, 6.07) is 3.05. The Hall–Kier alpha value is -1.36. The maximum atomic E-state index is 10.4. The minimum absolute atomic E-state index is 0.158. The number of nitrogens with zero attached hydrogens (tertiary/aromatic N) is 1. The van der Waals surface area contributed by atoms with Crippen LogP contribution in [0.1, 0.15) is 18.6 Å². The molecule has 0 bridgehead atoms. The Kier molecular flexibility index (Phi) is 2.03. The lowest BCUT2D eigenvalue weighted by Gasteiger charge is -2.08. The molecular formula is C9H12N2O3. The Morgan fingerprint density at radius 1 is 1.57 bits per heavy atom. The zero-order valence-corrected chi connectivity index (χ0v) is 7.73. The van der Waals surface area contributed by atoms with Gasteiger partial charge in [0.2, 0.25) is 0 Å². The third kappa shape index (κ3) is 1.63. The van der Waals surface area contributed by atoms with Crippen LogP contribution in [0.15, 0.2) is 16.5 Å². The number of hydrogen-bond acceptors (Lipinski definition) is 4. The average molecular weight is 196 g/mol. The molecule has 1 fully saturated rings. The molecule has 1 aliphatic rings. The van der Waals surface area contributed by atoms with Gasteiger partial charge in [-0.15, -0.1) is 0 Å². The molecule has 0 radical (unpaired) electrons. The third-order valence-corrected chi connectivity index (χ3v) is 2.77. The van der Waals surface area contributed by atoms with Gasteiger partial charge in [-0.2, -0.15) is 0 Å². The SMILES string of the molecule is NCC1(Cc2ccc([N+](=O)[O-])o2)CC1. The molecule has 5 nitrogen and oxygen atoms in total. The van der Waals surface area contributed by atoms with Gasteiger partial charge in [0.05, 0.1) is 6.07 Å². The van der Waals surface area contributed by atoms with Gasteiger partial charge in [0.15, 0.2) is 0 Å². The van der Waals surface area contributed by atoms with Crippen LogP contribution >= 0.6 is 0 Å². The van der Waals surface area contributed by atoms with E-state index in [0.29, 0.717) is 12.3 Å². The number of nitrogens with two attached hydrogens (primary N) is 1. The molecule has 0 atom stereocenters. The van der Waals surface area contributed by atoms with Gasteiger partial charge in [0.1, 0.15) is 10.7 Å². The Balaban J connectivity index is 2.07. The molecule has 76 valence electrons. The molecule has 0 aliphatic heterocycles. The minimum atomic E-state index is -0.522. The van der Waals surface area contributed by atoms with Crippen LogP contribution in [0.5, 0.6) is 0 Å². The van der Waals surface area contributed by atoms with Gasteiger partial charge in [0, 0.05) is 6.42 Å². The first-order valence-electron chi connectivity index (χ1n) is 4.58. The first-order chi connectivity index (χ1) is 6.65. The fourth-order valence-electron chi connectivity index (χ4n) is 1.56. The first kappa shape index (κ1) is 9.21. The van der Waals surface area contributed by atoms with Crippen LogP contribution < -0.4 is 5.73 Å². The van der Waals surface area contributed by atoms with Crippen molar-refractivity contribution in [1.82, 2.24) is 0 Å². The molecule has 1 saturated carbocycles. The van der Waals surface area contributed by atoms with Crippen molar-refractivity contribution >= 4 is 5.88 Å². The Morgan fingerprint density at radius 3 is 2.71 bits per heavy atom. The summed E-state index contributed by atoms with van der Waals surface area (Å²) in [5.74, 6) is 0.479. The molecular weight excluding hydrogens is 184 g/mol. The summed E-state index contributed by atoms with van der Waals surface area (Å²) < 4.78 is 5.07. The third-order valence-electron chi connectivity index (χ3n) is 2.77. The van der Waals surface area contributed by atoms with Crippen LogP contribution in [-0.2, 0) is 6.42 Å².